The molecule has 0 saturated heterocycles. The van der Waals surface area contributed by atoms with Gasteiger partial charge in [0.2, 0.25) is 0 Å². The number of methoxy groups -OCH3 is 2. The lowest BCUT2D eigenvalue weighted by Gasteiger charge is -2.16. The van der Waals surface area contributed by atoms with Gasteiger partial charge in [-0.25, -0.2) is 0 Å². The van der Waals surface area contributed by atoms with E-state index in [2.05, 4.69) is 0 Å². The quantitative estimate of drug-likeness (QED) is 0.884. The van der Waals surface area contributed by atoms with E-state index in [1.165, 1.54) is 14.2 Å². The fourth-order valence-electron chi connectivity index (χ4n) is 1.42. The fraction of sp³-hybridized carbons (Fsp3) is 0.364. The van der Waals surface area contributed by atoms with E-state index in [0.29, 0.717) is 17.1 Å². The van der Waals surface area contributed by atoms with Crippen LogP contribution in [0.4, 0.5) is 0 Å². The van der Waals surface area contributed by atoms with Crippen LogP contribution in [-0.2, 0) is 4.79 Å². The smallest absolute Gasteiger partial charge is 0.310 e. The number of benzene rings is 1. The maximum Gasteiger partial charge on any atom is 0.310 e. The summed E-state index contributed by atoms with van der Waals surface area (Å²) in [5, 5.41) is 9.26. The molecule has 0 spiro atoms. The number of halogens is 1. The van der Waals surface area contributed by atoms with E-state index >= 15 is 0 Å². The van der Waals surface area contributed by atoms with Crippen LogP contribution in [0, 0.1) is 0 Å². The van der Waals surface area contributed by atoms with Crippen LogP contribution >= 0.6 is 11.6 Å². The van der Waals surface area contributed by atoms with Crippen LogP contribution in [0.5, 0.6) is 11.5 Å². The van der Waals surface area contributed by atoms with Crippen LogP contribution in [0.15, 0.2) is 12.1 Å². The molecule has 88 valence electrons. The average Bonchev–Trinajstić information content (AvgIpc) is 2.27. The number of hydrogen-bond acceptors (Lipinski definition) is 3. The zero-order chi connectivity index (χ0) is 12.3. The first-order valence-electron chi connectivity index (χ1n) is 4.66. The number of ether oxygens (including phenoxy) is 2. The molecule has 1 N–H and O–H groups in total. The summed E-state index contributed by atoms with van der Waals surface area (Å²) in [6.07, 6.45) is 0. The number of carboxylic acid groups (broad SMARTS) is 1. The van der Waals surface area contributed by atoms with E-state index in [-0.39, 0.29) is 5.02 Å². The predicted octanol–water partition coefficient (Wildman–Crippen LogP) is 2.55. The second-order valence-electron chi connectivity index (χ2n) is 3.26. The molecule has 1 rings (SSSR count). The summed E-state index contributed by atoms with van der Waals surface area (Å²) < 4.78 is 10.1. The van der Waals surface area contributed by atoms with Crippen molar-refractivity contribution in [2.24, 2.45) is 0 Å². The first-order valence-corrected chi connectivity index (χ1v) is 5.03. The van der Waals surface area contributed by atoms with Gasteiger partial charge in [0.25, 0.3) is 0 Å². The van der Waals surface area contributed by atoms with Crippen molar-refractivity contribution in [1.29, 1.82) is 0 Å². The van der Waals surface area contributed by atoms with Crippen LogP contribution in [0.3, 0.4) is 0 Å². The highest BCUT2D eigenvalue weighted by atomic mass is 35.5. The molecular formula is C11H13ClO4. The van der Waals surface area contributed by atoms with Crippen LogP contribution < -0.4 is 9.47 Å². The van der Waals surface area contributed by atoms with Crippen molar-refractivity contribution >= 4 is 17.6 Å². The zero-order valence-electron chi connectivity index (χ0n) is 9.28. The van der Waals surface area contributed by atoms with Gasteiger partial charge in [0.15, 0.2) is 0 Å². The minimum absolute atomic E-state index is 0.275. The van der Waals surface area contributed by atoms with Crippen molar-refractivity contribution in [3.63, 3.8) is 0 Å². The maximum atomic E-state index is 11.0. The zero-order valence-corrected chi connectivity index (χ0v) is 10.0. The van der Waals surface area contributed by atoms with E-state index < -0.39 is 11.9 Å². The predicted molar refractivity (Wildman–Crippen MR) is 60.6 cm³/mol. The number of carboxylic acids is 1. The molecule has 0 aliphatic heterocycles. The van der Waals surface area contributed by atoms with Crippen molar-refractivity contribution in [1.82, 2.24) is 0 Å². The largest absolute Gasteiger partial charge is 0.496 e. The minimum atomic E-state index is -0.964. The Morgan fingerprint density at radius 3 is 2.25 bits per heavy atom. The Balaban J connectivity index is 3.37. The molecule has 0 amide bonds. The van der Waals surface area contributed by atoms with Crippen LogP contribution in [0.1, 0.15) is 18.4 Å². The Morgan fingerprint density at radius 1 is 1.31 bits per heavy atom. The molecule has 0 aromatic heterocycles. The van der Waals surface area contributed by atoms with Crippen molar-refractivity contribution in [3.8, 4) is 11.5 Å². The molecular weight excluding hydrogens is 232 g/mol. The summed E-state index contributed by atoms with van der Waals surface area (Å²) in [6.45, 7) is 1.55. The number of carbonyl (C=O) groups is 1. The number of aliphatic carboxylic acids is 1. The third kappa shape index (κ3) is 2.22. The van der Waals surface area contributed by atoms with E-state index in [9.17, 15) is 4.79 Å². The average molecular weight is 245 g/mol. The van der Waals surface area contributed by atoms with E-state index in [0.717, 1.165) is 0 Å². The normalized spacial score (nSPS) is 12.0. The lowest BCUT2D eigenvalue weighted by Crippen LogP contribution is -2.10. The molecule has 1 atom stereocenters. The third-order valence-electron chi connectivity index (χ3n) is 2.35. The Hall–Kier alpha value is -1.42. The summed E-state index contributed by atoms with van der Waals surface area (Å²) in [4.78, 5) is 11.0. The van der Waals surface area contributed by atoms with E-state index in [4.69, 9.17) is 26.2 Å². The van der Waals surface area contributed by atoms with Gasteiger partial charge < -0.3 is 14.6 Å². The monoisotopic (exact) mass is 244 g/mol. The van der Waals surface area contributed by atoms with Crippen molar-refractivity contribution in [2.45, 2.75) is 12.8 Å². The van der Waals surface area contributed by atoms with Gasteiger partial charge in [-0.2, -0.15) is 0 Å². The summed E-state index contributed by atoms with van der Waals surface area (Å²) in [6, 6.07) is 3.28. The highest BCUT2D eigenvalue weighted by Crippen LogP contribution is 2.39. The Labute approximate surface area is 98.7 Å². The highest BCUT2D eigenvalue weighted by Gasteiger charge is 2.23. The second kappa shape index (κ2) is 5.07. The van der Waals surface area contributed by atoms with E-state index in [1.54, 1.807) is 19.1 Å². The maximum absolute atomic E-state index is 11.0. The van der Waals surface area contributed by atoms with Crippen molar-refractivity contribution in [3.05, 3.63) is 22.7 Å². The molecule has 16 heavy (non-hydrogen) atoms. The van der Waals surface area contributed by atoms with E-state index in [1.807, 2.05) is 0 Å². The summed E-state index contributed by atoms with van der Waals surface area (Å²) in [7, 11) is 2.94. The van der Waals surface area contributed by atoms with Gasteiger partial charge in [-0.1, -0.05) is 11.6 Å². The van der Waals surface area contributed by atoms with Crippen molar-refractivity contribution in [2.75, 3.05) is 14.2 Å². The van der Waals surface area contributed by atoms with Crippen LogP contribution in [0.2, 0.25) is 5.02 Å². The molecule has 0 radical (unpaired) electrons. The highest BCUT2D eigenvalue weighted by molar-refractivity contribution is 6.33. The molecule has 1 unspecified atom stereocenters. The summed E-state index contributed by atoms with van der Waals surface area (Å²) in [5.74, 6) is -0.836. The van der Waals surface area contributed by atoms with Gasteiger partial charge in [0.05, 0.1) is 25.2 Å². The topological polar surface area (TPSA) is 55.8 Å². The molecule has 0 heterocycles. The molecule has 5 heteroatoms. The van der Waals surface area contributed by atoms with Gasteiger partial charge in [-0.15, -0.1) is 0 Å². The lowest BCUT2D eigenvalue weighted by atomic mass is 10.00. The molecule has 1 aromatic rings. The molecule has 0 aliphatic rings. The van der Waals surface area contributed by atoms with Crippen LogP contribution in [0.25, 0.3) is 0 Å². The summed E-state index contributed by atoms with van der Waals surface area (Å²) in [5.41, 5.74) is 0.427. The van der Waals surface area contributed by atoms with Gasteiger partial charge in [0.1, 0.15) is 11.5 Å². The second-order valence-corrected chi connectivity index (χ2v) is 3.64. The fourth-order valence-corrected chi connectivity index (χ4v) is 1.81. The first-order chi connectivity index (χ1) is 7.52. The molecule has 1 aromatic carbocycles. The third-order valence-corrected chi connectivity index (χ3v) is 2.74. The molecule has 0 aliphatic carbocycles. The van der Waals surface area contributed by atoms with Gasteiger partial charge >= 0.3 is 5.97 Å². The molecule has 4 nitrogen and oxygen atoms in total. The van der Waals surface area contributed by atoms with Gasteiger partial charge in [0, 0.05) is 5.56 Å². The van der Waals surface area contributed by atoms with Gasteiger partial charge in [-0.3, -0.25) is 4.79 Å². The molecule has 0 bridgehead atoms. The molecule has 0 saturated carbocycles. The standard InChI is InChI=1S/C11H13ClO4/c1-6(11(13)14)9-7(15-2)4-5-8(16-3)10(9)12/h4-6H,1-3H3,(H,13,14). The Bertz CT molecular complexity index is 403. The first kappa shape index (κ1) is 12.6. The van der Waals surface area contributed by atoms with Crippen molar-refractivity contribution < 1.29 is 19.4 Å². The molecule has 0 fully saturated rings. The SMILES string of the molecule is COc1ccc(OC)c(C(C)C(=O)O)c1Cl. The number of rotatable bonds is 4. The Morgan fingerprint density at radius 2 is 1.81 bits per heavy atom. The lowest BCUT2D eigenvalue weighted by molar-refractivity contribution is -0.138. The minimum Gasteiger partial charge on any atom is -0.496 e. The van der Waals surface area contributed by atoms with Crippen LogP contribution in [-0.4, -0.2) is 25.3 Å². The van der Waals surface area contributed by atoms with Gasteiger partial charge in [-0.05, 0) is 19.1 Å². The number of hydrogen-bond donors (Lipinski definition) is 1. The summed E-state index contributed by atoms with van der Waals surface area (Å²) >= 11 is 6.06. The Kier molecular flexibility index (Phi) is 4.01.